The largest absolute Gasteiger partial charge is 0.463 e. The topological polar surface area (TPSA) is 30.5 Å². The standard InChI is InChI=1S/C17H16ClNO2S/c18-11-9-13-16(22-15-6-2-1-5-12(15)19-13)10-14(11)21-17-7-3-4-8-20-17/h1-2,5-6,9-10,17,19H,3-4,7-8H2. The number of fused-ring (bicyclic) bond motifs is 2. The fraction of sp³-hybridized carbons (Fsp3) is 0.294. The minimum absolute atomic E-state index is 0.182. The van der Waals surface area contributed by atoms with Gasteiger partial charge in [-0.05, 0) is 37.1 Å². The van der Waals surface area contributed by atoms with Crippen molar-refractivity contribution in [1.29, 1.82) is 0 Å². The van der Waals surface area contributed by atoms with Gasteiger partial charge in [0.25, 0.3) is 0 Å². The Labute approximate surface area is 139 Å². The molecule has 2 heterocycles. The van der Waals surface area contributed by atoms with Crippen LogP contribution in [0.25, 0.3) is 0 Å². The summed E-state index contributed by atoms with van der Waals surface area (Å²) in [5.41, 5.74) is 2.13. The molecule has 0 aliphatic carbocycles. The minimum Gasteiger partial charge on any atom is -0.463 e. The second kappa shape index (κ2) is 6.03. The van der Waals surface area contributed by atoms with Crippen molar-refractivity contribution >= 4 is 34.7 Å². The number of nitrogens with one attached hydrogen (secondary N) is 1. The molecule has 0 aromatic heterocycles. The van der Waals surface area contributed by atoms with E-state index >= 15 is 0 Å². The van der Waals surface area contributed by atoms with Gasteiger partial charge in [-0.15, -0.1) is 0 Å². The van der Waals surface area contributed by atoms with Crippen LogP contribution >= 0.6 is 23.4 Å². The van der Waals surface area contributed by atoms with Gasteiger partial charge in [0.15, 0.2) is 6.29 Å². The fourth-order valence-electron chi connectivity index (χ4n) is 2.68. The maximum Gasteiger partial charge on any atom is 0.199 e. The Kier molecular flexibility index (Phi) is 3.90. The van der Waals surface area contributed by atoms with Crippen LogP contribution in [0, 0.1) is 0 Å². The summed E-state index contributed by atoms with van der Waals surface area (Å²) in [5, 5.41) is 4.03. The average Bonchev–Trinajstić information content (AvgIpc) is 2.55. The predicted molar refractivity (Wildman–Crippen MR) is 89.5 cm³/mol. The molecule has 0 spiro atoms. The Bertz CT molecular complexity index is 701. The highest BCUT2D eigenvalue weighted by atomic mass is 35.5. The maximum absolute atomic E-state index is 6.38. The molecule has 1 unspecified atom stereocenters. The van der Waals surface area contributed by atoms with Crippen LogP contribution in [0.2, 0.25) is 5.02 Å². The minimum atomic E-state index is -0.182. The van der Waals surface area contributed by atoms with E-state index in [1.54, 1.807) is 11.8 Å². The Morgan fingerprint density at radius 2 is 2.05 bits per heavy atom. The van der Waals surface area contributed by atoms with Gasteiger partial charge in [-0.1, -0.05) is 35.5 Å². The van der Waals surface area contributed by atoms with E-state index in [2.05, 4.69) is 17.4 Å². The number of anilines is 2. The Morgan fingerprint density at radius 1 is 1.14 bits per heavy atom. The monoisotopic (exact) mass is 333 g/mol. The van der Waals surface area contributed by atoms with Crippen LogP contribution in [0.4, 0.5) is 11.4 Å². The van der Waals surface area contributed by atoms with Crippen molar-refractivity contribution in [3.05, 3.63) is 41.4 Å². The van der Waals surface area contributed by atoms with E-state index < -0.39 is 0 Å². The highest BCUT2D eigenvalue weighted by molar-refractivity contribution is 7.99. The molecule has 1 N–H and O–H groups in total. The van der Waals surface area contributed by atoms with E-state index in [9.17, 15) is 0 Å². The van der Waals surface area contributed by atoms with E-state index in [1.165, 1.54) is 4.90 Å². The van der Waals surface area contributed by atoms with Crippen molar-refractivity contribution < 1.29 is 9.47 Å². The van der Waals surface area contributed by atoms with Gasteiger partial charge in [-0.3, -0.25) is 0 Å². The zero-order valence-corrected chi connectivity index (χ0v) is 13.5. The molecule has 22 heavy (non-hydrogen) atoms. The molecular formula is C17H16ClNO2S. The first-order valence-corrected chi connectivity index (χ1v) is 8.65. The molecule has 0 saturated carbocycles. The lowest BCUT2D eigenvalue weighted by molar-refractivity contribution is -0.105. The number of ether oxygens (including phenoxy) is 2. The van der Waals surface area contributed by atoms with Crippen molar-refractivity contribution in [3.8, 4) is 5.75 Å². The number of hydrogen-bond acceptors (Lipinski definition) is 4. The third kappa shape index (κ3) is 2.78. The first kappa shape index (κ1) is 14.2. The number of para-hydroxylation sites is 1. The Morgan fingerprint density at radius 3 is 2.91 bits per heavy atom. The zero-order chi connectivity index (χ0) is 14.9. The lowest BCUT2D eigenvalue weighted by atomic mass is 10.2. The second-order valence-corrected chi connectivity index (χ2v) is 6.91. The van der Waals surface area contributed by atoms with Crippen molar-refractivity contribution in [2.75, 3.05) is 11.9 Å². The van der Waals surface area contributed by atoms with Gasteiger partial charge >= 0.3 is 0 Å². The maximum atomic E-state index is 6.38. The summed E-state index contributed by atoms with van der Waals surface area (Å²) in [4.78, 5) is 2.33. The lowest BCUT2D eigenvalue weighted by Crippen LogP contribution is -2.25. The first-order valence-electron chi connectivity index (χ1n) is 7.45. The molecular weight excluding hydrogens is 318 g/mol. The second-order valence-electron chi connectivity index (χ2n) is 5.42. The van der Waals surface area contributed by atoms with Crippen molar-refractivity contribution in [3.63, 3.8) is 0 Å². The molecule has 5 heteroatoms. The summed E-state index contributed by atoms with van der Waals surface area (Å²) in [6.45, 7) is 0.761. The van der Waals surface area contributed by atoms with Gasteiger partial charge < -0.3 is 14.8 Å². The van der Waals surface area contributed by atoms with Crippen LogP contribution in [-0.2, 0) is 4.74 Å². The summed E-state index contributed by atoms with van der Waals surface area (Å²) in [6.07, 6.45) is 2.98. The van der Waals surface area contributed by atoms with Crippen LogP contribution in [0.5, 0.6) is 5.75 Å². The molecule has 0 radical (unpaired) electrons. The third-order valence-corrected chi connectivity index (χ3v) is 5.24. The van der Waals surface area contributed by atoms with E-state index in [0.29, 0.717) is 10.8 Å². The zero-order valence-electron chi connectivity index (χ0n) is 12.0. The molecule has 0 bridgehead atoms. The highest BCUT2D eigenvalue weighted by Crippen LogP contribution is 2.47. The molecule has 4 rings (SSSR count). The molecule has 1 atom stereocenters. The van der Waals surface area contributed by atoms with Gasteiger partial charge in [0, 0.05) is 16.2 Å². The molecule has 2 aromatic rings. The van der Waals surface area contributed by atoms with Crippen molar-refractivity contribution in [2.45, 2.75) is 35.3 Å². The quantitative estimate of drug-likeness (QED) is 0.675. The summed E-state index contributed by atoms with van der Waals surface area (Å²) >= 11 is 8.10. The van der Waals surface area contributed by atoms with Crippen LogP contribution in [0.1, 0.15) is 19.3 Å². The molecule has 2 aliphatic rings. The number of rotatable bonds is 2. The SMILES string of the molecule is Clc1cc2c(cc1OC1CCCCO1)Sc1ccccc1N2. The van der Waals surface area contributed by atoms with Crippen molar-refractivity contribution in [2.24, 2.45) is 0 Å². The van der Waals surface area contributed by atoms with Gasteiger partial charge in [-0.25, -0.2) is 0 Å². The van der Waals surface area contributed by atoms with Gasteiger partial charge in [0.05, 0.1) is 23.0 Å². The average molecular weight is 334 g/mol. The van der Waals surface area contributed by atoms with E-state index in [-0.39, 0.29) is 6.29 Å². The van der Waals surface area contributed by atoms with Crippen molar-refractivity contribution in [1.82, 2.24) is 0 Å². The number of benzene rings is 2. The number of hydrogen-bond donors (Lipinski definition) is 1. The molecule has 3 nitrogen and oxygen atoms in total. The highest BCUT2D eigenvalue weighted by Gasteiger charge is 2.21. The normalized spacial score (nSPS) is 19.8. The molecule has 2 aromatic carbocycles. The summed E-state index contributed by atoms with van der Waals surface area (Å²) in [5.74, 6) is 0.695. The number of halogens is 1. The van der Waals surface area contributed by atoms with Crippen LogP contribution in [0.3, 0.4) is 0 Å². The third-order valence-electron chi connectivity index (χ3n) is 3.81. The Balaban J connectivity index is 1.61. The predicted octanol–water partition coefficient (Wildman–Crippen LogP) is 5.45. The Hall–Kier alpha value is -1.36. The van der Waals surface area contributed by atoms with Gasteiger partial charge in [-0.2, -0.15) is 0 Å². The molecule has 1 saturated heterocycles. The van der Waals surface area contributed by atoms with E-state index in [0.717, 1.165) is 42.1 Å². The first-order chi connectivity index (χ1) is 10.8. The smallest absolute Gasteiger partial charge is 0.199 e. The molecule has 1 fully saturated rings. The summed E-state index contributed by atoms with van der Waals surface area (Å²) in [7, 11) is 0. The van der Waals surface area contributed by atoms with Gasteiger partial charge in [0.1, 0.15) is 5.75 Å². The molecule has 114 valence electrons. The lowest BCUT2D eigenvalue weighted by Gasteiger charge is -2.26. The fourth-order valence-corrected chi connectivity index (χ4v) is 3.88. The molecule has 0 amide bonds. The summed E-state index contributed by atoms with van der Waals surface area (Å²) in [6, 6.07) is 12.2. The van der Waals surface area contributed by atoms with Crippen LogP contribution in [-0.4, -0.2) is 12.9 Å². The summed E-state index contributed by atoms with van der Waals surface area (Å²) < 4.78 is 11.6. The van der Waals surface area contributed by atoms with E-state index in [4.69, 9.17) is 21.1 Å². The van der Waals surface area contributed by atoms with E-state index in [1.807, 2.05) is 24.3 Å². The van der Waals surface area contributed by atoms with Crippen LogP contribution in [0.15, 0.2) is 46.2 Å². The van der Waals surface area contributed by atoms with Crippen LogP contribution < -0.4 is 10.1 Å². The molecule has 2 aliphatic heterocycles. The van der Waals surface area contributed by atoms with Gasteiger partial charge in [0.2, 0.25) is 0 Å².